The van der Waals surface area contributed by atoms with Crippen LogP contribution in [0.3, 0.4) is 0 Å². The molecule has 0 bridgehead atoms. The van der Waals surface area contributed by atoms with Crippen molar-refractivity contribution in [1.82, 2.24) is 5.32 Å². The second-order valence-corrected chi connectivity index (χ2v) is 5.72. The first-order valence-corrected chi connectivity index (χ1v) is 7.36. The summed E-state index contributed by atoms with van der Waals surface area (Å²) in [5, 5.41) is 3.38. The molecule has 0 radical (unpaired) electrons. The van der Waals surface area contributed by atoms with Crippen LogP contribution in [0, 0.1) is 20.8 Å². The molecule has 0 aliphatic rings. The van der Waals surface area contributed by atoms with E-state index in [1.165, 1.54) is 16.7 Å². The number of hydrogen-bond acceptors (Lipinski definition) is 3. The highest BCUT2D eigenvalue weighted by Crippen LogP contribution is 2.35. The average Bonchev–Trinajstić information content (AvgIpc) is 2.67. The molecule has 20 heavy (non-hydrogen) atoms. The van der Waals surface area contributed by atoms with Gasteiger partial charge < -0.3 is 14.5 Å². The van der Waals surface area contributed by atoms with Crippen molar-refractivity contribution in [2.45, 2.75) is 26.8 Å². The van der Waals surface area contributed by atoms with E-state index in [1.807, 2.05) is 33.0 Å². The molecule has 108 valence electrons. The Kier molecular flexibility index (Phi) is 4.55. The number of ether oxygens (including phenoxy) is 1. The molecular weight excluding hydrogens is 318 g/mol. The first kappa shape index (κ1) is 15.1. The smallest absolute Gasteiger partial charge is 0.120 e. The van der Waals surface area contributed by atoms with E-state index in [1.54, 1.807) is 7.11 Å². The van der Waals surface area contributed by atoms with E-state index in [9.17, 15) is 0 Å². The number of halogens is 1. The Hall–Kier alpha value is -1.26. The predicted molar refractivity (Wildman–Crippen MR) is 84.5 cm³/mol. The number of furan rings is 1. The Labute approximate surface area is 128 Å². The van der Waals surface area contributed by atoms with Gasteiger partial charge in [0.2, 0.25) is 0 Å². The summed E-state index contributed by atoms with van der Waals surface area (Å²) in [5.74, 6) is 2.77. The van der Waals surface area contributed by atoms with Gasteiger partial charge in [-0.25, -0.2) is 0 Å². The molecule has 0 aliphatic heterocycles. The van der Waals surface area contributed by atoms with E-state index >= 15 is 0 Å². The highest BCUT2D eigenvalue weighted by molar-refractivity contribution is 9.10. The van der Waals surface area contributed by atoms with Gasteiger partial charge in [0.05, 0.1) is 13.2 Å². The lowest BCUT2D eigenvalue weighted by Gasteiger charge is -2.19. The summed E-state index contributed by atoms with van der Waals surface area (Å²) >= 11 is 3.63. The van der Waals surface area contributed by atoms with Crippen LogP contribution in [0.25, 0.3) is 0 Å². The minimum Gasteiger partial charge on any atom is -0.497 e. The van der Waals surface area contributed by atoms with Crippen LogP contribution in [0.5, 0.6) is 5.75 Å². The molecule has 1 aromatic carbocycles. The largest absolute Gasteiger partial charge is 0.497 e. The van der Waals surface area contributed by atoms with Crippen LogP contribution in [0.2, 0.25) is 0 Å². The third-order valence-corrected chi connectivity index (χ3v) is 4.40. The standard InChI is InChI=1S/C16H20BrNO2/c1-9-10(2)20-11(3)15(9)16(18-4)13-7-6-12(19-5)8-14(13)17/h6-8,16,18H,1-5H3. The normalized spacial score (nSPS) is 12.5. The minimum absolute atomic E-state index is 0.0905. The third-order valence-electron chi connectivity index (χ3n) is 3.71. The Morgan fingerprint density at radius 1 is 1.20 bits per heavy atom. The number of methoxy groups -OCH3 is 1. The molecule has 0 fully saturated rings. The lowest BCUT2D eigenvalue weighted by Crippen LogP contribution is -2.19. The van der Waals surface area contributed by atoms with Crippen molar-refractivity contribution in [3.05, 3.63) is 50.9 Å². The molecule has 4 heteroatoms. The third kappa shape index (κ3) is 2.63. The van der Waals surface area contributed by atoms with Crippen molar-refractivity contribution in [3.63, 3.8) is 0 Å². The fourth-order valence-corrected chi connectivity index (χ4v) is 3.15. The molecule has 1 aromatic heterocycles. The highest BCUT2D eigenvalue weighted by atomic mass is 79.9. The van der Waals surface area contributed by atoms with Gasteiger partial charge in [0.1, 0.15) is 17.3 Å². The molecular formula is C16H20BrNO2. The Morgan fingerprint density at radius 2 is 1.90 bits per heavy atom. The van der Waals surface area contributed by atoms with Crippen molar-refractivity contribution < 1.29 is 9.15 Å². The van der Waals surface area contributed by atoms with E-state index < -0.39 is 0 Å². The maximum absolute atomic E-state index is 5.75. The number of hydrogen-bond donors (Lipinski definition) is 1. The van der Waals surface area contributed by atoms with Gasteiger partial charge in [0, 0.05) is 10.0 Å². The van der Waals surface area contributed by atoms with Crippen LogP contribution in [0.1, 0.15) is 34.3 Å². The van der Waals surface area contributed by atoms with Crippen LogP contribution in [0.15, 0.2) is 27.1 Å². The van der Waals surface area contributed by atoms with Gasteiger partial charge in [-0.1, -0.05) is 22.0 Å². The van der Waals surface area contributed by atoms with Gasteiger partial charge in [-0.05, 0) is 51.1 Å². The molecule has 1 unspecified atom stereocenters. The van der Waals surface area contributed by atoms with Crippen LogP contribution < -0.4 is 10.1 Å². The Bertz CT molecular complexity index is 619. The fraction of sp³-hybridized carbons (Fsp3) is 0.375. The molecule has 1 atom stereocenters. The van der Waals surface area contributed by atoms with Gasteiger partial charge in [0.25, 0.3) is 0 Å². The summed E-state index contributed by atoms with van der Waals surface area (Å²) in [4.78, 5) is 0. The van der Waals surface area contributed by atoms with Gasteiger partial charge in [-0.15, -0.1) is 0 Å². The zero-order chi connectivity index (χ0) is 14.9. The van der Waals surface area contributed by atoms with Crippen LogP contribution in [-0.4, -0.2) is 14.2 Å². The fourth-order valence-electron chi connectivity index (χ4n) is 2.56. The lowest BCUT2D eigenvalue weighted by molar-refractivity contribution is 0.414. The maximum atomic E-state index is 5.75. The van der Waals surface area contributed by atoms with E-state index in [4.69, 9.17) is 9.15 Å². The molecule has 3 nitrogen and oxygen atoms in total. The molecule has 0 saturated carbocycles. The molecule has 2 aromatic rings. The highest BCUT2D eigenvalue weighted by Gasteiger charge is 2.23. The zero-order valence-corrected chi connectivity index (χ0v) is 14.1. The molecule has 0 amide bonds. The molecule has 0 spiro atoms. The topological polar surface area (TPSA) is 34.4 Å². The Balaban J connectivity index is 2.52. The Morgan fingerprint density at radius 3 is 2.35 bits per heavy atom. The van der Waals surface area contributed by atoms with Gasteiger partial charge in [0.15, 0.2) is 0 Å². The van der Waals surface area contributed by atoms with Crippen LogP contribution in [-0.2, 0) is 0 Å². The second kappa shape index (κ2) is 6.02. The molecule has 2 rings (SSSR count). The molecule has 0 aliphatic carbocycles. The quantitative estimate of drug-likeness (QED) is 0.903. The summed E-state index contributed by atoms with van der Waals surface area (Å²) in [5.41, 5.74) is 3.57. The van der Waals surface area contributed by atoms with Crippen molar-refractivity contribution in [2.75, 3.05) is 14.2 Å². The van der Waals surface area contributed by atoms with Crippen molar-refractivity contribution >= 4 is 15.9 Å². The summed E-state index contributed by atoms with van der Waals surface area (Å²) in [7, 11) is 3.63. The molecule has 0 saturated heterocycles. The van der Waals surface area contributed by atoms with Gasteiger partial charge in [-0.2, -0.15) is 0 Å². The molecule has 1 heterocycles. The monoisotopic (exact) mass is 337 g/mol. The van der Waals surface area contributed by atoms with E-state index in [0.29, 0.717) is 0 Å². The van der Waals surface area contributed by atoms with E-state index in [0.717, 1.165) is 21.7 Å². The summed E-state index contributed by atoms with van der Waals surface area (Å²) < 4.78 is 12.0. The van der Waals surface area contributed by atoms with Crippen LogP contribution in [0.4, 0.5) is 0 Å². The van der Waals surface area contributed by atoms with Crippen molar-refractivity contribution in [2.24, 2.45) is 0 Å². The van der Waals surface area contributed by atoms with Crippen molar-refractivity contribution in [1.29, 1.82) is 0 Å². The number of benzene rings is 1. The number of nitrogens with one attached hydrogen (secondary N) is 1. The average molecular weight is 338 g/mol. The van der Waals surface area contributed by atoms with Gasteiger partial charge >= 0.3 is 0 Å². The first-order valence-electron chi connectivity index (χ1n) is 6.56. The second-order valence-electron chi connectivity index (χ2n) is 4.86. The van der Waals surface area contributed by atoms with Crippen molar-refractivity contribution in [3.8, 4) is 5.75 Å². The summed E-state index contributed by atoms with van der Waals surface area (Å²) in [6, 6.07) is 6.12. The predicted octanol–water partition coefficient (Wildman–Crippen LogP) is 4.28. The van der Waals surface area contributed by atoms with E-state index in [-0.39, 0.29) is 6.04 Å². The minimum atomic E-state index is 0.0905. The summed E-state index contributed by atoms with van der Waals surface area (Å²) in [6.45, 7) is 6.11. The van der Waals surface area contributed by atoms with Crippen LogP contribution >= 0.6 is 15.9 Å². The SMILES string of the molecule is CNC(c1ccc(OC)cc1Br)c1c(C)oc(C)c1C. The first-order chi connectivity index (χ1) is 9.49. The molecule has 1 N–H and O–H groups in total. The van der Waals surface area contributed by atoms with E-state index in [2.05, 4.69) is 34.2 Å². The summed E-state index contributed by atoms with van der Waals surface area (Å²) in [6.07, 6.45) is 0. The lowest BCUT2D eigenvalue weighted by atomic mass is 9.95. The maximum Gasteiger partial charge on any atom is 0.120 e. The zero-order valence-electron chi connectivity index (χ0n) is 12.5. The number of rotatable bonds is 4. The van der Waals surface area contributed by atoms with Gasteiger partial charge in [-0.3, -0.25) is 0 Å². The number of aryl methyl sites for hydroxylation is 2.